The number of carbonyl (C=O) groups excluding carboxylic acids is 15. The predicted octanol–water partition coefficient (Wildman–Crippen LogP) is -5.02. The van der Waals surface area contributed by atoms with Crippen molar-refractivity contribution in [3.63, 3.8) is 0 Å². The summed E-state index contributed by atoms with van der Waals surface area (Å²) in [6, 6.07) is -4.44. The summed E-state index contributed by atoms with van der Waals surface area (Å²) in [6.07, 6.45) is -5.48. The molecular formula is C73H111N17O21. The molecule has 1 aromatic heterocycles. The number of hydrogen-bond donors (Lipinski definition) is 19. The van der Waals surface area contributed by atoms with E-state index in [0.717, 1.165) is 9.80 Å². The summed E-state index contributed by atoms with van der Waals surface area (Å²) in [7, 11) is 2.44. The van der Waals surface area contributed by atoms with Gasteiger partial charge in [-0.1, -0.05) is 96.5 Å². The number of primary amides is 2. The van der Waals surface area contributed by atoms with Crippen LogP contribution < -0.4 is 76.1 Å². The van der Waals surface area contributed by atoms with E-state index in [4.69, 9.17) is 27.7 Å². The normalized spacial score (nSPS) is 24.2. The lowest BCUT2D eigenvalue weighted by Crippen LogP contribution is -2.63. The van der Waals surface area contributed by atoms with E-state index < -0.39 is 225 Å². The number of likely N-dealkylation sites (N-methyl/N-ethyl adjacent to an activating group) is 2. The molecule has 1 fully saturated rings. The highest BCUT2D eigenvalue weighted by Gasteiger charge is 2.42. The fourth-order valence-corrected chi connectivity index (χ4v) is 12.3. The Kier molecular flexibility index (Phi) is 38.5. The van der Waals surface area contributed by atoms with Gasteiger partial charge in [-0.15, -0.1) is 0 Å². The van der Waals surface area contributed by atoms with E-state index in [0.29, 0.717) is 34.9 Å². The quantitative estimate of drug-likeness (QED) is 0.0335. The molecule has 38 heteroatoms. The van der Waals surface area contributed by atoms with Crippen LogP contribution in [0.1, 0.15) is 130 Å². The number of aliphatic hydroxyl groups excluding tert-OH is 3. The van der Waals surface area contributed by atoms with E-state index in [1.807, 2.05) is 24.5 Å². The zero-order valence-electron chi connectivity index (χ0n) is 63.9. The minimum atomic E-state index is -2.59. The van der Waals surface area contributed by atoms with Gasteiger partial charge in [0.2, 0.25) is 82.7 Å². The van der Waals surface area contributed by atoms with Crippen molar-refractivity contribution in [1.29, 1.82) is 0 Å². The largest absolute Gasteiger partial charge is 0.481 e. The number of carboxylic acid groups (broad SMARTS) is 1. The number of carbonyl (C=O) groups is 16. The first kappa shape index (κ1) is 92.7. The number of para-hydroxylation sites is 1. The molecule has 2 heterocycles. The number of esters is 1. The molecule has 14 amide bonds. The number of H-pyrrole nitrogens is 1. The van der Waals surface area contributed by atoms with Crippen LogP contribution in [0.4, 0.5) is 0 Å². The maximum Gasteiger partial charge on any atom is 0.329 e. The van der Waals surface area contributed by atoms with Gasteiger partial charge in [0.05, 0.1) is 32.6 Å². The Labute approximate surface area is 642 Å². The van der Waals surface area contributed by atoms with Crippen LogP contribution >= 0.6 is 0 Å². The third-order valence-corrected chi connectivity index (χ3v) is 18.4. The fourth-order valence-electron chi connectivity index (χ4n) is 12.3. The van der Waals surface area contributed by atoms with Gasteiger partial charge in [0.1, 0.15) is 72.6 Å². The van der Waals surface area contributed by atoms with Gasteiger partial charge in [0.15, 0.2) is 6.10 Å². The summed E-state index contributed by atoms with van der Waals surface area (Å²) >= 11 is 0. The highest BCUT2D eigenvalue weighted by molar-refractivity contribution is 6.01. The first-order valence-corrected chi connectivity index (χ1v) is 36.9. The standard InChI is InChI=1S/C73H111N17O21/c1-38(2)17-14-20-43-32-56(94)80-53(37-92)69(106)88-59(61(98)62(77)99)71(108)87-52(36-91)63(100)79-35-57(95)89(7)54(30-41-18-10-9-11-19-41)70(107)86-49(29-39(3)4)66(103)81-46(23-15-27-74)64(101)82-47(25-26-58(96)97)65(102)85-51(33-55(76)93)68(105)84-50(31-42-34-78-45-22-13-12-21-44(42)45)67(104)83-48(24-16-28-75)72(109)90(8)60(40(5)6)73(110)111-43/h9-13,18-19,21-22,34,38-40,43,46-54,59-61,78,91-92,98H,14-17,20,23-33,35-37,74-75H2,1-8H3,(H2,76,93)(H2,77,99)(H,79,100)(H,80,94)(H,81,103)(H,82,101)(H,83,104)(H,84,105)(H,85,102)(H,86,107)(H,87,108)(H,88,106)(H,96,97)/t43-,46-,47+,48-,49+,50-,51-,52+,53+,54-,59-,60+,61-/m1/s1. The number of ether oxygens (including phenoxy) is 1. The van der Waals surface area contributed by atoms with Crippen LogP contribution in [0.5, 0.6) is 0 Å². The molecule has 0 spiro atoms. The molecule has 0 bridgehead atoms. The van der Waals surface area contributed by atoms with Crippen LogP contribution in [0, 0.1) is 17.8 Å². The number of rotatable bonds is 26. The van der Waals surface area contributed by atoms with Crippen molar-refractivity contribution in [2.24, 2.45) is 40.7 Å². The lowest BCUT2D eigenvalue weighted by molar-refractivity contribution is -0.162. The number of nitrogens with zero attached hydrogens (tertiary/aromatic N) is 2. The van der Waals surface area contributed by atoms with Gasteiger partial charge in [-0.2, -0.15) is 0 Å². The van der Waals surface area contributed by atoms with Crippen LogP contribution in [0.2, 0.25) is 0 Å². The molecule has 13 atom stereocenters. The van der Waals surface area contributed by atoms with Gasteiger partial charge in [-0.05, 0) is 99.4 Å². The Bertz CT molecular complexity index is 3710. The summed E-state index contributed by atoms with van der Waals surface area (Å²) < 4.78 is 6.01. The molecule has 1 aliphatic rings. The predicted molar refractivity (Wildman–Crippen MR) is 400 cm³/mol. The Balaban J connectivity index is 1.92. The Hall–Kier alpha value is -10.7. The second-order valence-corrected chi connectivity index (χ2v) is 28.6. The maximum absolute atomic E-state index is 15.1. The van der Waals surface area contributed by atoms with Crippen molar-refractivity contribution >= 4 is 106 Å². The molecule has 4 rings (SSSR count). The van der Waals surface area contributed by atoms with Gasteiger partial charge in [0, 0.05) is 50.5 Å². The molecule has 0 aliphatic carbocycles. The minimum absolute atomic E-state index is 0.0136. The van der Waals surface area contributed by atoms with E-state index >= 15 is 4.79 Å². The van der Waals surface area contributed by atoms with Crippen LogP contribution in [0.25, 0.3) is 10.9 Å². The Morgan fingerprint density at radius 1 is 0.559 bits per heavy atom. The lowest BCUT2D eigenvalue weighted by atomic mass is 9.99. The summed E-state index contributed by atoms with van der Waals surface area (Å²) in [5.74, 6) is -19.9. The van der Waals surface area contributed by atoms with E-state index in [9.17, 15) is 92.3 Å². The number of aromatic nitrogens is 1. The first-order chi connectivity index (χ1) is 52.4. The van der Waals surface area contributed by atoms with Crippen molar-refractivity contribution in [3.05, 3.63) is 71.9 Å². The molecule has 2 aromatic carbocycles. The van der Waals surface area contributed by atoms with Crippen molar-refractivity contribution in [2.75, 3.05) is 46.9 Å². The summed E-state index contributed by atoms with van der Waals surface area (Å²) in [6.45, 7) is 6.91. The molecule has 38 nitrogen and oxygen atoms in total. The zero-order chi connectivity index (χ0) is 82.9. The number of nitrogens with two attached hydrogens (primary N) is 4. The molecular weight excluding hydrogens is 1450 g/mol. The van der Waals surface area contributed by atoms with Crippen molar-refractivity contribution in [1.82, 2.24) is 68.0 Å². The molecule has 614 valence electrons. The zero-order valence-corrected chi connectivity index (χ0v) is 63.9. The average molecular weight is 1560 g/mol. The van der Waals surface area contributed by atoms with E-state index in [1.54, 1.807) is 88.5 Å². The number of aliphatic carboxylic acids is 1. The number of hydrogen-bond acceptors (Lipinski definition) is 22. The average Bonchev–Trinajstić information content (AvgIpc) is 1.77. The first-order valence-electron chi connectivity index (χ1n) is 36.9. The molecule has 1 saturated heterocycles. The highest BCUT2D eigenvalue weighted by Crippen LogP contribution is 2.23. The molecule has 0 radical (unpaired) electrons. The number of cyclic esters (lactones) is 1. The lowest BCUT2D eigenvalue weighted by Gasteiger charge is -2.34. The third-order valence-electron chi connectivity index (χ3n) is 18.4. The highest BCUT2D eigenvalue weighted by atomic mass is 16.5. The van der Waals surface area contributed by atoms with Crippen molar-refractivity contribution < 1.29 is 102 Å². The SMILES string of the molecule is CC(C)CCC[C@@H]1CC(=O)N[C@@H](CO)C(=O)N[C@H]([C@@H](O)C(N)=O)C(=O)N[C@@H](CO)C(=O)NCC(=O)N(C)[C@H](Cc2ccccc2)C(=O)N[C@@H](CC(C)C)C(=O)N[C@H](CCCN)C(=O)N[C@@H](CCC(=O)O)C(=O)N[C@H](CC(N)=O)C(=O)N[C@H](Cc2c[nH]c3ccccc23)C(=O)N[C@H](CCCN)C(=O)N(C)[C@@H](C(C)C)C(=O)O1. The minimum Gasteiger partial charge on any atom is -0.481 e. The van der Waals surface area contributed by atoms with E-state index in [-0.39, 0.29) is 76.3 Å². The third kappa shape index (κ3) is 29.9. The topological polar surface area (TPSA) is 610 Å². The van der Waals surface area contributed by atoms with Crippen LogP contribution in [0.3, 0.4) is 0 Å². The molecule has 111 heavy (non-hydrogen) atoms. The van der Waals surface area contributed by atoms with E-state index in [1.165, 1.54) is 14.1 Å². The fraction of sp³-hybridized carbons (Fsp3) is 0.589. The van der Waals surface area contributed by atoms with Gasteiger partial charge >= 0.3 is 11.9 Å². The van der Waals surface area contributed by atoms with Gasteiger partial charge < -0.3 is 116 Å². The summed E-state index contributed by atoms with van der Waals surface area (Å²) in [5, 5.41) is 66.0. The number of benzene rings is 2. The Morgan fingerprint density at radius 2 is 1.08 bits per heavy atom. The number of carboxylic acids is 1. The molecule has 3 aromatic rings. The van der Waals surface area contributed by atoms with Gasteiger partial charge in [0.25, 0.3) is 0 Å². The maximum atomic E-state index is 15.1. The molecule has 1 aliphatic heterocycles. The van der Waals surface area contributed by atoms with Crippen molar-refractivity contribution in [3.8, 4) is 0 Å². The van der Waals surface area contributed by atoms with E-state index in [2.05, 4.69) is 47.5 Å². The van der Waals surface area contributed by atoms with Crippen LogP contribution in [-0.2, 0) is 94.3 Å². The van der Waals surface area contributed by atoms with Crippen LogP contribution in [-0.4, -0.2) is 255 Å². The number of nitrogens with one attached hydrogen (secondary N) is 11. The smallest absolute Gasteiger partial charge is 0.329 e. The Morgan fingerprint density at radius 3 is 1.66 bits per heavy atom. The second kappa shape index (κ2) is 46.1. The van der Waals surface area contributed by atoms with Crippen LogP contribution in [0.15, 0.2) is 60.8 Å². The molecule has 23 N–H and O–H groups in total. The number of aliphatic hydroxyl groups is 3. The van der Waals surface area contributed by atoms with Crippen molar-refractivity contribution in [2.45, 2.75) is 210 Å². The monoisotopic (exact) mass is 1560 g/mol. The number of amides is 14. The summed E-state index contributed by atoms with van der Waals surface area (Å²) in [4.78, 5) is 230. The molecule has 0 saturated carbocycles. The van der Waals surface area contributed by atoms with Gasteiger partial charge in [-0.3, -0.25) is 71.9 Å². The number of aromatic amines is 1. The summed E-state index contributed by atoms with van der Waals surface area (Å²) in [5.41, 5.74) is 24.4. The number of fused-ring (bicyclic) bond motifs is 1. The van der Waals surface area contributed by atoms with Gasteiger partial charge in [-0.25, -0.2) is 4.79 Å². The second-order valence-electron chi connectivity index (χ2n) is 28.6. The molecule has 0 unspecified atom stereocenters.